The smallest absolute Gasteiger partial charge is 0.254 e. The summed E-state index contributed by atoms with van der Waals surface area (Å²) in [7, 11) is 0. The summed E-state index contributed by atoms with van der Waals surface area (Å²) in [4.78, 5) is 33.7. The topological polar surface area (TPSA) is 66.1 Å². The van der Waals surface area contributed by atoms with Crippen LogP contribution < -0.4 is 5.56 Å². The summed E-state index contributed by atoms with van der Waals surface area (Å²) in [5.41, 5.74) is 1.25. The van der Waals surface area contributed by atoms with Crippen molar-refractivity contribution >= 4 is 17.7 Å². The Morgan fingerprint density at radius 2 is 2.23 bits per heavy atom. The van der Waals surface area contributed by atoms with Gasteiger partial charge in [0.2, 0.25) is 5.91 Å². The molecule has 0 aliphatic carbocycles. The third-order valence-electron chi connectivity index (χ3n) is 4.40. The van der Waals surface area contributed by atoms with Crippen molar-refractivity contribution < 1.29 is 4.79 Å². The van der Waals surface area contributed by atoms with Crippen LogP contribution in [0.25, 0.3) is 0 Å². The summed E-state index contributed by atoms with van der Waals surface area (Å²) in [5, 5.41) is 0.625. The van der Waals surface area contributed by atoms with Crippen LogP contribution >= 0.6 is 11.8 Å². The average molecular weight is 323 g/mol. The maximum atomic E-state index is 12.5. The van der Waals surface area contributed by atoms with E-state index in [0.717, 1.165) is 31.5 Å². The van der Waals surface area contributed by atoms with Crippen LogP contribution in [-0.4, -0.2) is 39.6 Å². The molecule has 1 aliphatic heterocycles. The van der Waals surface area contributed by atoms with E-state index in [9.17, 15) is 9.59 Å². The molecule has 0 aromatic carbocycles. The van der Waals surface area contributed by atoms with Crippen molar-refractivity contribution in [1.29, 1.82) is 0 Å². The number of hydrogen-bond acceptors (Lipinski definition) is 4. The first-order valence-corrected chi connectivity index (χ1v) is 9.22. The molecule has 1 amide bonds. The van der Waals surface area contributed by atoms with Gasteiger partial charge in [-0.15, -0.1) is 0 Å². The summed E-state index contributed by atoms with van der Waals surface area (Å²) >= 11 is 1.41. The standard InChI is InChI=1S/C16H25N3O2S/c1-4-12-7-5-6-10-19(12)14(20)9-8-13-11(2)17-16(22-3)18-15(13)21/h12H,4-10H2,1-3H3,(H,17,18,21). The minimum Gasteiger partial charge on any atom is -0.340 e. The number of carbonyl (C=O) groups is 1. The Bertz CT molecular complexity index is 585. The van der Waals surface area contributed by atoms with Gasteiger partial charge in [0.25, 0.3) is 5.56 Å². The van der Waals surface area contributed by atoms with Crippen LogP contribution in [-0.2, 0) is 11.2 Å². The predicted molar refractivity (Wildman–Crippen MR) is 89.3 cm³/mol. The lowest BCUT2D eigenvalue weighted by Gasteiger charge is -2.35. The van der Waals surface area contributed by atoms with Crippen LogP contribution in [0.15, 0.2) is 9.95 Å². The minimum atomic E-state index is -0.115. The van der Waals surface area contributed by atoms with Crippen LogP contribution in [0.1, 0.15) is 50.3 Å². The number of carbonyl (C=O) groups excluding carboxylic acids is 1. The molecule has 1 saturated heterocycles. The zero-order valence-electron chi connectivity index (χ0n) is 13.6. The Morgan fingerprint density at radius 1 is 1.45 bits per heavy atom. The molecule has 1 aromatic heterocycles. The molecular formula is C16H25N3O2S. The van der Waals surface area contributed by atoms with Gasteiger partial charge in [0.15, 0.2) is 5.16 Å². The zero-order valence-corrected chi connectivity index (χ0v) is 14.5. The lowest BCUT2D eigenvalue weighted by molar-refractivity contribution is -0.134. The van der Waals surface area contributed by atoms with Gasteiger partial charge in [-0.3, -0.25) is 9.59 Å². The number of hydrogen-bond donors (Lipinski definition) is 1. The molecule has 2 rings (SSSR count). The Hall–Kier alpha value is -1.30. The van der Waals surface area contributed by atoms with Crippen molar-refractivity contribution in [3.63, 3.8) is 0 Å². The van der Waals surface area contributed by atoms with Gasteiger partial charge < -0.3 is 9.88 Å². The van der Waals surface area contributed by atoms with Crippen LogP contribution in [0.4, 0.5) is 0 Å². The number of thioether (sulfide) groups is 1. The Labute approximate surface area is 135 Å². The number of likely N-dealkylation sites (tertiary alicyclic amines) is 1. The van der Waals surface area contributed by atoms with Gasteiger partial charge >= 0.3 is 0 Å². The fourth-order valence-corrected chi connectivity index (χ4v) is 3.53. The fraction of sp³-hybridized carbons (Fsp3) is 0.688. The third kappa shape index (κ3) is 3.91. The Balaban J connectivity index is 2.03. The lowest BCUT2D eigenvalue weighted by Crippen LogP contribution is -2.43. The molecule has 1 atom stereocenters. The highest BCUT2D eigenvalue weighted by molar-refractivity contribution is 7.98. The number of aromatic nitrogens is 2. The molecule has 22 heavy (non-hydrogen) atoms. The minimum absolute atomic E-state index is 0.115. The summed E-state index contributed by atoms with van der Waals surface area (Å²) in [6.45, 7) is 4.83. The number of aryl methyl sites for hydroxylation is 1. The molecule has 0 radical (unpaired) electrons. The molecule has 0 bridgehead atoms. The summed E-state index contributed by atoms with van der Waals surface area (Å²) in [6.07, 6.45) is 7.14. The molecular weight excluding hydrogens is 298 g/mol. The van der Waals surface area contributed by atoms with Gasteiger partial charge in [-0.2, -0.15) is 0 Å². The molecule has 1 unspecified atom stereocenters. The number of rotatable bonds is 5. The first-order chi connectivity index (χ1) is 10.6. The summed E-state index contributed by atoms with van der Waals surface area (Å²) in [6, 6.07) is 0.373. The van der Waals surface area contributed by atoms with E-state index >= 15 is 0 Å². The summed E-state index contributed by atoms with van der Waals surface area (Å²) < 4.78 is 0. The van der Waals surface area contributed by atoms with Gasteiger partial charge in [0.05, 0.1) is 0 Å². The molecule has 0 spiro atoms. The quantitative estimate of drug-likeness (QED) is 0.668. The van der Waals surface area contributed by atoms with Gasteiger partial charge in [0.1, 0.15) is 0 Å². The fourth-order valence-electron chi connectivity index (χ4n) is 3.10. The van der Waals surface area contributed by atoms with Crippen LogP contribution in [0.5, 0.6) is 0 Å². The van der Waals surface area contributed by atoms with Gasteiger partial charge in [-0.25, -0.2) is 4.98 Å². The second-order valence-electron chi connectivity index (χ2n) is 5.78. The molecule has 122 valence electrons. The van der Waals surface area contributed by atoms with E-state index in [2.05, 4.69) is 16.9 Å². The van der Waals surface area contributed by atoms with Gasteiger partial charge in [-0.05, 0) is 45.3 Å². The monoisotopic (exact) mass is 323 g/mol. The molecule has 1 N–H and O–H groups in total. The molecule has 1 aromatic rings. The van der Waals surface area contributed by atoms with E-state index in [4.69, 9.17) is 0 Å². The maximum absolute atomic E-state index is 12.5. The van der Waals surface area contributed by atoms with Gasteiger partial charge in [-0.1, -0.05) is 18.7 Å². The first kappa shape index (κ1) is 17.1. The van der Waals surface area contributed by atoms with E-state index < -0.39 is 0 Å². The third-order valence-corrected chi connectivity index (χ3v) is 4.98. The largest absolute Gasteiger partial charge is 0.340 e. The number of amides is 1. The van der Waals surface area contributed by atoms with Crippen LogP contribution in [0, 0.1) is 6.92 Å². The zero-order chi connectivity index (χ0) is 16.1. The molecule has 1 aliphatic rings. The molecule has 6 heteroatoms. The highest BCUT2D eigenvalue weighted by atomic mass is 32.2. The van der Waals surface area contributed by atoms with Crippen molar-refractivity contribution in [1.82, 2.24) is 14.9 Å². The lowest BCUT2D eigenvalue weighted by atomic mass is 9.99. The highest BCUT2D eigenvalue weighted by Gasteiger charge is 2.25. The van der Waals surface area contributed by atoms with Crippen molar-refractivity contribution in [2.24, 2.45) is 0 Å². The maximum Gasteiger partial charge on any atom is 0.254 e. The Morgan fingerprint density at radius 3 is 2.86 bits per heavy atom. The summed E-state index contributed by atoms with van der Waals surface area (Å²) in [5.74, 6) is 0.166. The normalized spacial score (nSPS) is 18.5. The molecule has 5 nitrogen and oxygen atoms in total. The SMILES string of the molecule is CCC1CCCCN1C(=O)CCc1c(C)nc(SC)[nH]c1=O. The molecule has 2 heterocycles. The van der Waals surface area contributed by atoms with E-state index in [1.54, 1.807) is 0 Å². The van der Waals surface area contributed by atoms with Crippen molar-refractivity contribution in [3.05, 3.63) is 21.6 Å². The number of H-pyrrole nitrogens is 1. The van der Waals surface area contributed by atoms with Crippen LogP contribution in [0.2, 0.25) is 0 Å². The van der Waals surface area contributed by atoms with E-state index in [0.29, 0.717) is 29.6 Å². The molecule has 1 fully saturated rings. The average Bonchev–Trinajstić information content (AvgIpc) is 2.53. The Kier molecular flexibility index (Phi) is 6.06. The number of piperidine rings is 1. The van der Waals surface area contributed by atoms with Crippen LogP contribution in [0.3, 0.4) is 0 Å². The second kappa shape index (κ2) is 7.81. The number of nitrogens with zero attached hydrogens (tertiary/aromatic N) is 2. The predicted octanol–water partition coefficient (Wildman–Crippen LogP) is 2.52. The van der Waals surface area contributed by atoms with Crippen molar-refractivity contribution in [3.8, 4) is 0 Å². The second-order valence-corrected chi connectivity index (χ2v) is 6.58. The van der Waals surface area contributed by atoms with Crippen molar-refractivity contribution in [2.45, 2.75) is 63.6 Å². The van der Waals surface area contributed by atoms with E-state index in [1.807, 2.05) is 18.1 Å². The number of nitrogens with one attached hydrogen (secondary N) is 1. The van der Waals surface area contributed by atoms with Gasteiger partial charge in [0, 0.05) is 30.3 Å². The van der Waals surface area contributed by atoms with Crippen molar-refractivity contribution in [2.75, 3.05) is 12.8 Å². The van der Waals surface area contributed by atoms with E-state index in [-0.39, 0.29) is 11.5 Å². The first-order valence-electron chi connectivity index (χ1n) is 8.00. The van der Waals surface area contributed by atoms with E-state index in [1.165, 1.54) is 18.2 Å². The highest BCUT2D eigenvalue weighted by Crippen LogP contribution is 2.20. The molecule has 0 saturated carbocycles. The number of aromatic amines is 1.